The number of rotatable bonds is 5. The van der Waals surface area contributed by atoms with Crippen molar-refractivity contribution >= 4 is 0 Å². The average molecular weight is 271 g/mol. The lowest BCUT2D eigenvalue weighted by Crippen LogP contribution is -2.53. The second kappa shape index (κ2) is 8.29. The van der Waals surface area contributed by atoms with E-state index in [2.05, 4.69) is 34.6 Å². The first-order valence-electron chi connectivity index (χ1n) is 8.58. The summed E-state index contributed by atoms with van der Waals surface area (Å²) in [6, 6.07) is 0. The van der Waals surface area contributed by atoms with E-state index in [0.29, 0.717) is 11.8 Å². The highest BCUT2D eigenvalue weighted by Gasteiger charge is 2.49. The van der Waals surface area contributed by atoms with Crippen molar-refractivity contribution in [3.05, 3.63) is 0 Å². The van der Waals surface area contributed by atoms with Crippen LogP contribution in [0.2, 0.25) is 0 Å². The fourth-order valence-corrected chi connectivity index (χ4v) is 3.78. The first kappa shape index (κ1) is 19.0. The zero-order chi connectivity index (χ0) is 15.1. The van der Waals surface area contributed by atoms with Crippen molar-refractivity contribution in [1.29, 1.82) is 0 Å². The van der Waals surface area contributed by atoms with E-state index in [4.69, 9.17) is 0 Å². The molecule has 1 saturated carbocycles. The van der Waals surface area contributed by atoms with E-state index >= 15 is 0 Å². The van der Waals surface area contributed by atoms with Crippen LogP contribution >= 0.6 is 0 Å². The van der Waals surface area contributed by atoms with Crippen molar-refractivity contribution in [3.63, 3.8) is 0 Å². The van der Waals surface area contributed by atoms with Gasteiger partial charge in [-0.25, -0.2) is 0 Å². The maximum atomic E-state index is 11.2. The molecule has 1 N–H and O–H groups in total. The van der Waals surface area contributed by atoms with E-state index < -0.39 is 5.60 Å². The first-order chi connectivity index (χ1) is 8.86. The van der Waals surface area contributed by atoms with Gasteiger partial charge in [0.2, 0.25) is 0 Å². The highest BCUT2D eigenvalue weighted by atomic mass is 16.3. The summed E-state index contributed by atoms with van der Waals surface area (Å²) < 4.78 is 0. The Morgan fingerprint density at radius 1 is 1.05 bits per heavy atom. The van der Waals surface area contributed by atoms with Gasteiger partial charge in [0.05, 0.1) is 5.60 Å². The molecule has 1 aliphatic carbocycles. The first-order valence-corrected chi connectivity index (χ1v) is 8.58. The topological polar surface area (TPSA) is 20.2 Å². The highest BCUT2D eigenvalue weighted by molar-refractivity contribution is 4.99. The van der Waals surface area contributed by atoms with Crippen molar-refractivity contribution in [3.8, 4) is 0 Å². The lowest BCUT2D eigenvalue weighted by atomic mass is 9.58. The summed E-state index contributed by atoms with van der Waals surface area (Å²) in [7, 11) is 0. The van der Waals surface area contributed by atoms with Crippen LogP contribution in [0.15, 0.2) is 0 Å². The Balaban J connectivity index is 0.00000154. The normalized spacial score (nSPS) is 23.2. The molecule has 1 heteroatoms. The number of aliphatic hydroxyl groups is 1. The fourth-order valence-electron chi connectivity index (χ4n) is 3.78. The Kier molecular flexibility index (Phi) is 8.27. The van der Waals surface area contributed by atoms with Gasteiger partial charge in [-0.3, -0.25) is 0 Å². The van der Waals surface area contributed by atoms with Gasteiger partial charge in [-0.2, -0.15) is 0 Å². The summed E-state index contributed by atoms with van der Waals surface area (Å²) in [6.45, 7) is 15.2. The minimum Gasteiger partial charge on any atom is -0.389 e. The monoisotopic (exact) mass is 270 g/mol. The molecule has 1 aliphatic rings. The molecule has 0 aromatic carbocycles. The molecule has 0 aliphatic heterocycles. The van der Waals surface area contributed by atoms with Crippen molar-refractivity contribution in [2.45, 2.75) is 99.0 Å². The van der Waals surface area contributed by atoms with Crippen LogP contribution in [0.25, 0.3) is 0 Å². The molecule has 0 bridgehead atoms. The Labute approximate surface area is 122 Å². The summed E-state index contributed by atoms with van der Waals surface area (Å²) in [5.41, 5.74) is -0.443. The molecule has 0 heterocycles. The average Bonchev–Trinajstić information content (AvgIpc) is 2.41. The van der Waals surface area contributed by atoms with Crippen LogP contribution in [0.1, 0.15) is 93.4 Å². The maximum absolute atomic E-state index is 11.2. The van der Waals surface area contributed by atoms with Crippen LogP contribution in [-0.4, -0.2) is 10.7 Å². The van der Waals surface area contributed by atoms with Gasteiger partial charge in [-0.15, -0.1) is 0 Å². The van der Waals surface area contributed by atoms with Crippen LogP contribution in [0.4, 0.5) is 0 Å². The van der Waals surface area contributed by atoms with Gasteiger partial charge in [-0.1, -0.05) is 67.2 Å². The zero-order valence-corrected chi connectivity index (χ0v) is 14.6. The summed E-state index contributed by atoms with van der Waals surface area (Å²) in [5.74, 6) is 1.05. The molecule has 19 heavy (non-hydrogen) atoms. The molecule has 0 saturated heterocycles. The van der Waals surface area contributed by atoms with Crippen molar-refractivity contribution < 1.29 is 5.11 Å². The summed E-state index contributed by atoms with van der Waals surface area (Å²) in [5, 5.41) is 11.2. The van der Waals surface area contributed by atoms with Crippen molar-refractivity contribution in [2.24, 2.45) is 17.3 Å². The van der Waals surface area contributed by atoms with E-state index in [1.54, 1.807) is 0 Å². The van der Waals surface area contributed by atoms with E-state index in [1.165, 1.54) is 32.1 Å². The Morgan fingerprint density at radius 3 is 1.89 bits per heavy atom. The molecule has 0 aromatic rings. The lowest BCUT2D eigenvalue weighted by Gasteiger charge is -2.51. The molecule has 1 nitrogen and oxygen atoms in total. The molecular formula is C18H38O. The third kappa shape index (κ3) is 4.21. The van der Waals surface area contributed by atoms with Crippen LogP contribution in [0.5, 0.6) is 0 Å². The second-order valence-electron chi connectivity index (χ2n) is 6.80. The van der Waals surface area contributed by atoms with Gasteiger partial charge in [-0.05, 0) is 43.4 Å². The summed E-state index contributed by atoms with van der Waals surface area (Å²) in [4.78, 5) is 0. The van der Waals surface area contributed by atoms with Crippen LogP contribution in [0, 0.1) is 17.3 Å². The summed E-state index contributed by atoms with van der Waals surface area (Å²) >= 11 is 0. The third-order valence-corrected chi connectivity index (χ3v) is 5.60. The van der Waals surface area contributed by atoms with Crippen LogP contribution in [0.3, 0.4) is 0 Å². The van der Waals surface area contributed by atoms with Crippen LogP contribution in [-0.2, 0) is 0 Å². The lowest BCUT2D eigenvalue weighted by molar-refractivity contribution is -0.139. The molecule has 1 rings (SSSR count). The molecule has 0 aromatic heterocycles. The predicted molar refractivity (Wildman–Crippen MR) is 86.4 cm³/mol. The molecular weight excluding hydrogens is 232 g/mol. The van der Waals surface area contributed by atoms with Gasteiger partial charge < -0.3 is 5.11 Å². The van der Waals surface area contributed by atoms with Gasteiger partial charge in [0.15, 0.2) is 0 Å². The highest BCUT2D eigenvalue weighted by Crippen LogP contribution is 2.49. The molecule has 2 unspecified atom stereocenters. The van der Waals surface area contributed by atoms with Crippen LogP contribution < -0.4 is 0 Å². The SMILES string of the molecule is CC.CCCC(C)(C(C)C)C(C)(O)C1CCCCC1. The Morgan fingerprint density at radius 2 is 1.53 bits per heavy atom. The quantitative estimate of drug-likeness (QED) is 0.668. The molecule has 0 radical (unpaired) electrons. The zero-order valence-electron chi connectivity index (χ0n) is 14.6. The van der Waals surface area contributed by atoms with E-state index in [1.807, 2.05) is 13.8 Å². The molecule has 2 atom stereocenters. The van der Waals surface area contributed by atoms with Gasteiger partial charge in [0, 0.05) is 0 Å². The smallest absolute Gasteiger partial charge is 0.0703 e. The standard InChI is InChI=1S/C16H32O.C2H6/c1-6-12-15(4,13(2)3)16(5,17)14-10-8-7-9-11-14;1-2/h13-14,17H,6-12H2,1-5H3;1-2H3. The van der Waals surface area contributed by atoms with E-state index in [9.17, 15) is 5.11 Å². The predicted octanol–water partition coefficient (Wildman–Crippen LogP) is 5.81. The minimum atomic E-state index is -0.502. The Bertz CT molecular complexity index is 226. The maximum Gasteiger partial charge on any atom is 0.0703 e. The van der Waals surface area contributed by atoms with Gasteiger partial charge in [0.1, 0.15) is 0 Å². The Hall–Kier alpha value is -0.0400. The molecule has 116 valence electrons. The molecule has 0 spiro atoms. The van der Waals surface area contributed by atoms with Crippen molar-refractivity contribution in [1.82, 2.24) is 0 Å². The van der Waals surface area contributed by atoms with Gasteiger partial charge >= 0.3 is 0 Å². The molecule has 1 fully saturated rings. The molecule has 0 amide bonds. The van der Waals surface area contributed by atoms with E-state index in [0.717, 1.165) is 12.8 Å². The van der Waals surface area contributed by atoms with E-state index in [-0.39, 0.29) is 5.41 Å². The third-order valence-electron chi connectivity index (χ3n) is 5.60. The number of hydrogen-bond acceptors (Lipinski definition) is 1. The summed E-state index contributed by atoms with van der Waals surface area (Å²) in [6.07, 6.45) is 8.71. The number of hydrogen-bond donors (Lipinski definition) is 1. The van der Waals surface area contributed by atoms with Gasteiger partial charge in [0.25, 0.3) is 0 Å². The minimum absolute atomic E-state index is 0.0593. The van der Waals surface area contributed by atoms with Crippen molar-refractivity contribution in [2.75, 3.05) is 0 Å². The fraction of sp³-hybridized carbons (Fsp3) is 1.00. The second-order valence-corrected chi connectivity index (χ2v) is 6.80. The largest absolute Gasteiger partial charge is 0.389 e.